The molecule has 1 aromatic rings. The zero-order valence-corrected chi connectivity index (χ0v) is 14.1. The smallest absolute Gasteiger partial charge is 0.294 e. The molecule has 1 aliphatic rings. The summed E-state index contributed by atoms with van der Waals surface area (Å²) in [5, 5.41) is 11.7. The summed E-state index contributed by atoms with van der Waals surface area (Å²) in [6.07, 6.45) is 3.61. The predicted molar refractivity (Wildman–Crippen MR) is 88.6 cm³/mol. The van der Waals surface area contributed by atoms with Gasteiger partial charge in [-0.05, 0) is 43.0 Å². The quantitative estimate of drug-likeness (QED) is 0.489. The normalized spacial score (nSPS) is 16.5. The van der Waals surface area contributed by atoms with E-state index >= 15 is 0 Å². The largest absolute Gasteiger partial charge is 0.376 e. The summed E-state index contributed by atoms with van der Waals surface area (Å²) in [5.41, 5.74) is 0.323. The molecule has 0 spiro atoms. The summed E-state index contributed by atoms with van der Waals surface area (Å²) in [7, 11) is -4.28. The van der Waals surface area contributed by atoms with Crippen molar-refractivity contribution in [3.8, 4) is 6.07 Å². The molecule has 1 aliphatic heterocycles. The Morgan fingerprint density at radius 1 is 1.33 bits per heavy atom. The Morgan fingerprint density at radius 2 is 1.92 bits per heavy atom. The Bertz CT molecular complexity index is 771. The molecule has 1 amide bonds. The van der Waals surface area contributed by atoms with Crippen molar-refractivity contribution in [2.45, 2.75) is 24.7 Å². The average Bonchev–Trinajstić information content (AvgIpc) is 2.54. The van der Waals surface area contributed by atoms with Crippen LogP contribution in [0.2, 0.25) is 0 Å². The lowest BCUT2D eigenvalue weighted by Crippen LogP contribution is -2.29. The second-order valence-corrected chi connectivity index (χ2v) is 7.25. The monoisotopic (exact) mass is 349 g/mol. The van der Waals surface area contributed by atoms with Crippen LogP contribution in [0, 0.1) is 17.2 Å². The van der Waals surface area contributed by atoms with E-state index in [2.05, 4.69) is 12.2 Å². The molecule has 0 aliphatic carbocycles. The number of likely N-dealkylation sites (tertiary alicyclic amines) is 1. The van der Waals surface area contributed by atoms with E-state index in [0.29, 0.717) is 11.6 Å². The highest BCUT2D eigenvalue weighted by Gasteiger charge is 2.17. The van der Waals surface area contributed by atoms with Gasteiger partial charge in [-0.1, -0.05) is 6.92 Å². The third kappa shape index (κ3) is 4.81. The highest BCUT2D eigenvalue weighted by Crippen LogP contribution is 2.18. The summed E-state index contributed by atoms with van der Waals surface area (Å²) >= 11 is 0. The molecule has 24 heavy (non-hydrogen) atoms. The van der Waals surface area contributed by atoms with Gasteiger partial charge in [-0.3, -0.25) is 9.35 Å². The predicted octanol–water partition coefficient (Wildman–Crippen LogP) is 2.01. The lowest BCUT2D eigenvalue weighted by Gasteiger charge is -2.29. The maximum atomic E-state index is 12.2. The SMILES string of the molecule is CC1CCN(/C=C(/C#N)C(=O)Nc2ccc(S(=O)(=O)O)cc2)CC1. The Morgan fingerprint density at radius 3 is 2.42 bits per heavy atom. The standard InChI is InChI=1S/C16H19N3O4S/c1-12-6-8-19(9-7-12)11-13(10-17)16(20)18-14-2-4-15(5-3-14)24(21,22)23/h2-5,11-12H,6-9H2,1H3,(H,18,20)(H,21,22,23)/b13-11-. The van der Waals surface area contributed by atoms with E-state index in [1.165, 1.54) is 24.3 Å². The summed E-state index contributed by atoms with van der Waals surface area (Å²) in [6.45, 7) is 3.79. The van der Waals surface area contributed by atoms with E-state index in [1.807, 2.05) is 11.0 Å². The zero-order valence-electron chi connectivity index (χ0n) is 13.3. The number of carbonyl (C=O) groups excluding carboxylic acids is 1. The summed E-state index contributed by atoms with van der Waals surface area (Å²) in [5.74, 6) is 0.0889. The van der Waals surface area contributed by atoms with Crippen LogP contribution in [0.1, 0.15) is 19.8 Å². The van der Waals surface area contributed by atoms with Crippen LogP contribution >= 0.6 is 0 Å². The number of hydrogen-bond donors (Lipinski definition) is 2. The van der Waals surface area contributed by atoms with Gasteiger partial charge in [0.25, 0.3) is 16.0 Å². The topological polar surface area (TPSA) is 111 Å². The minimum Gasteiger partial charge on any atom is -0.376 e. The Labute approximate surface area is 141 Å². The average molecular weight is 349 g/mol. The van der Waals surface area contributed by atoms with Crippen LogP contribution in [-0.4, -0.2) is 36.9 Å². The molecule has 1 aromatic carbocycles. The van der Waals surface area contributed by atoms with Crippen molar-refractivity contribution in [3.63, 3.8) is 0 Å². The van der Waals surface area contributed by atoms with Crippen LogP contribution in [0.15, 0.2) is 40.9 Å². The van der Waals surface area contributed by atoms with Gasteiger partial charge >= 0.3 is 0 Å². The van der Waals surface area contributed by atoms with Crippen molar-refractivity contribution in [1.82, 2.24) is 4.90 Å². The second kappa shape index (κ2) is 7.47. The van der Waals surface area contributed by atoms with Crippen LogP contribution in [0.4, 0.5) is 5.69 Å². The van der Waals surface area contributed by atoms with Crippen LogP contribution in [0.3, 0.4) is 0 Å². The van der Waals surface area contributed by atoms with Crippen LogP contribution in [0.5, 0.6) is 0 Å². The molecule has 128 valence electrons. The summed E-state index contributed by atoms with van der Waals surface area (Å²) in [4.78, 5) is 13.9. The van der Waals surface area contributed by atoms with Crippen LogP contribution in [-0.2, 0) is 14.9 Å². The molecular weight excluding hydrogens is 330 g/mol. The number of anilines is 1. The van der Waals surface area contributed by atoms with Gasteiger partial charge in [-0.2, -0.15) is 13.7 Å². The van der Waals surface area contributed by atoms with Crippen molar-refractivity contribution >= 4 is 21.7 Å². The number of benzene rings is 1. The number of nitrogens with zero attached hydrogens (tertiary/aromatic N) is 2. The molecule has 0 saturated carbocycles. The van der Waals surface area contributed by atoms with E-state index in [1.54, 1.807) is 6.20 Å². The Kier molecular flexibility index (Phi) is 5.59. The molecule has 0 radical (unpaired) electrons. The van der Waals surface area contributed by atoms with Gasteiger partial charge in [0.05, 0.1) is 4.90 Å². The van der Waals surface area contributed by atoms with E-state index in [9.17, 15) is 18.5 Å². The number of amides is 1. The van der Waals surface area contributed by atoms with Gasteiger partial charge < -0.3 is 10.2 Å². The van der Waals surface area contributed by atoms with Gasteiger partial charge in [-0.15, -0.1) is 0 Å². The lowest BCUT2D eigenvalue weighted by atomic mass is 9.99. The first-order chi connectivity index (χ1) is 11.3. The van der Waals surface area contributed by atoms with Crippen LogP contribution in [0.25, 0.3) is 0 Å². The van der Waals surface area contributed by atoms with Gasteiger partial charge in [0.2, 0.25) is 0 Å². The summed E-state index contributed by atoms with van der Waals surface area (Å²) in [6, 6.07) is 6.93. The van der Waals surface area contributed by atoms with Gasteiger partial charge in [0, 0.05) is 25.0 Å². The Balaban J connectivity index is 2.05. The highest BCUT2D eigenvalue weighted by molar-refractivity contribution is 7.85. The molecule has 2 rings (SSSR count). The first-order valence-corrected chi connectivity index (χ1v) is 8.98. The number of nitriles is 1. The molecule has 0 atom stereocenters. The molecule has 0 unspecified atom stereocenters. The number of hydrogen-bond acceptors (Lipinski definition) is 5. The van der Waals surface area contributed by atoms with Crippen molar-refractivity contribution in [2.75, 3.05) is 18.4 Å². The molecule has 7 nitrogen and oxygen atoms in total. The van der Waals surface area contributed by atoms with E-state index in [0.717, 1.165) is 25.9 Å². The van der Waals surface area contributed by atoms with E-state index in [4.69, 9.17) is 4.55 Å². The Hall–Kier alpha value is -2.37. The molecule has 0 aromatic heterocycles. The number of carbonyl (C=O) groups is 1. The van der Waals surface area contributed by atoms with Crippen molar-refractivity contribution in [2.24, 2.45) is 5.92 Å². The fourth-order valence-corrected chi connectivity index (χ4v) is 2.87. The molecule has 1 saturated heterocycles. The maximum absolute atomic E-state index is 12.2. The van der Waals surface area contributed by atoms with Crippen molar-refractivity contribution in [3.05, 3.63) is 36.0 Å². The van der Waals surface area contributed by atoms with Crippen molar-refractivity contribution in [1.29, 1.82) is 5.26 Å². The zero-order chi connectivity index (χ0) is 17.7. The number of piperidine rings is 1. The number of nitrogens with one attached hydrogen (secondary N) is 1. The third-order valence-electron chi connectivity index (χ3n) is 3.91. The number of rotatable bonds is 4. The maximum Gasteiger partial charge on any atom is 0.294 e. The van der Waals surface area contributed by atoms with Crippen LogP contribution < -0.4 is 5.32 Å². The third-order valence-corrected chi connectivity index (χ3v) is 4.77. The second-order valence-electron chi connectivity index (χ2n) is 5.83. The highest BCUT2D eigenvalue weighted by atomic mass is 32.2. The molecule has 2 N–H and O–H groups in total. The van der Waals surface area contributed by atoms with Crippen molar-refractivity contribution < 1.29 is 17.8 Å². The first kappa shape index (κ1) is 18.0. The molecule has 1 fully saturated rings. The fourth-order valence-electron chi connectivity index (χ4n) is 2.39. The van der Waals surface area contributed by atoms with E-state index in [-0.39, 0.29) is 10.5 Å². The fraction of sp³-hybridized carbons (Fsp3) is 0.375. The van der Waals surface area contributed by atoms with Gasteiger partial charge in [0.15, 0.2) is 0 Å². The van der Waals surface area contributed by atoms with E-state index < -0.39 is 16.0 Å². The van der Waals surface area contributed by atoms with Gasteiger partial charge in [0.1, 0.15) is 11.6 Å². The first-order valence-electron chi connectivity index (χ1n) is 7.54. The summed E-state index contributed by atoms with van der Waals surface area (Å²) < 4.78 is 30.9. The molecule has 1 heterocycles. The van der Waals surface area contributed by atoms with Gasteiger partial charge in [-0.25, -0.2) is 0 Å². The molecule has 8 heteroatoms. The minimum atomic E-state index is -4.28. The lowest BCUT2D eigenvalue weighted by molar-refractivity contribution is -0.112. The minimum absolute atomic E-state index is 0.0107. The molecule has 0 bridgehead atoms. The molecular formula is C16H19N3O4S.